The van der Waals surface area contributed by atoms with Gasteiger partial charge in [0, 0.05) is 17.4 Å². The average Bonchev–Trinajstić information content (AvgIpc) is 2.95. The van der Waals surface area contributed by atoms with Crippen molar-refractivity contribution in [2.45, 2.75) is 13.3 Å². The van der Waals surface area contributed by atoms with Gasteiger partial charge in [-0.25, -0.2) is 9.97 Å². The van der Waals surface area contributed by atoms with Crippen LogP contribution in [0.15, 0.2) is 36.4 Å². The second-order valence-corrected chi connectivity index (χ2v) is 5.59. The lowest BCUT2D eigenvalue weighted by molar-refractivity contribution is 0.357. The van der Waals surface area contributed by atoms with Crippen LogP contribution in [0.2, 0.25) is 5.15 Å². The first kappa shape index (κ1) is 12.6. The Hall–Kier alpha value is -2.13. The van der Waals surface area contributed by atoms with Crippen LogP contribution in [0, 0.1) is 6.92 Å². The fraction of sp³-hybridized carbons (Fsp3) is 0.176. The van der Waals surface area contributed by atoms with E-state index in [2.05, 4.69) is 11.1 Å². The quantitative estimate of drug-likeness (QED) is 0.631. The molecule has 0 atom stereocenters. The lowest BCUT2D eigenvalue weighted by atomic mass is 10.1. The van der Waals surface area contributed by atoms with Gasteiger partial charge in [-0.3, -0.25) is 0 Å². The fourth-order valence-electron chi connectivity index (χ4n) is 2.71. The number of fused-ring (bicyclic) bond motifs is 2. The molecule has 0 saturated carbocycles. The molecular weight excluding hydrogens is 284 g/mol. The first-order valence-electron chi connectivity index (χ1n) is 6.91. The molecule has 3 nitrogen and oxygen atoms in total. The van der Waals surface area contributed by atoms with Crippen LogP contribution in [-0.2, 0) is 6.42 Å². The van der Waals surface area contributed by atoms with Gasteiger partial charge < -0.3 is 4.74 Å². The minimum atomic E-state index is 0.496. The Morgan fingerprint density at radius 3 is 2.95 bits per heavy atom. The highest BCUT2D eigenvalue weighted by Crippen LogP contribution is 2.31. The van der Waals surface area contributed by atoms with E-state index in [-0.39, 0.29) is 0 Å². The Morgan fingerprint density at radius 1 is 1.14 bits per heavy atom. The van der Waals surface area contributed by atoms with Crippen molar-refractivity contribution in [1.29, 1.82) is 0 Å². The third kappa shape index (κ3) is 2.05. The van der Waals surface area contributed by atoms with E-state index in [1.54, 1.807) is 0 Å². The van der Waals surface area contributed by atoms with Crippen LogP contribution < -0.4 is 4.74 Å². The largest absolute Gasteiger partial charge is 0.493 e. The second kappa shape index (κ2) is 4.71. The predicted octanol–water partition coefficient (Wildman–Crippen LogP) is 4.19. The molecule has 0 amide bonds. The van der Waals surface area contributed by atoms with Crippen molar-refractivity contribution in [3.63, 3.8) is 0 Å². The Morgan fingerprint density at radius 2 is 2.05 bits per heavy atom. The number of para-hydroxylation sites is 1. The third-order valence-corrected chi connectivity index (χ3v) is 4.12. The first-order chi connectivity index (χ1) is 10.2. The van der Waals surface area contributed by atoms with Gasteiger partial charge in [-0.2, -0.15) is 0 Å². The van der Waals surface area contributed by atoms with Crippen LogP contribution in [-0.4, -0.2) is 16.6 Å². The zero-order valence-electron chi connectivity index (χ0n) is 11.6. The Bertz CT molecular complexity index is 861. The summed E-state index contributed by atoms with van der Waals surface area (Å²) < 4.78 is 5.54. The minimum Gasteiger partial charge on any atom is -0.493 e. The number of nitrogens with zero attached hydrogens (tertiary/aromatic N) is 2. The number of hydrogen-bond donors (Lipinski definition) is 0. The van der Waals surface area contributed by atoms with Crippen molar-refractivity contribution in [1.82, 2.24) is 9.97 Å². The number of rotatable bonds is 1. The van der Waals surface area contributed by atoms with Gasteiger partial charge in [-0.05, 0) is 42.3 Å². The summed E-state index contributed by atoms with van der Waals surface area (Å²) in [6.45, 7) is 2.78. The van der Waals surface area contributed by atoms with Crippen LogP contribution >= 0.6 is 11.6 Å². The minimum absolute atomic E-state index is 0.496. The van der Waals surface area contributed by atoms with Crippen LogP contribution in [0.3, 0.4) is 0 Å². The number of benzene rings is 2. The maximum atomic E-state index is 6.33. The van der Waals surface area contributed by atoms with E-state index in [1.165, 1.54) is 5.56 Å². The zero-order valence-corrected chi connectivity index (χ0v) is 12.3. The van der Waals surface area contributed by atoms with E-state index < -0.39 is 0 Å². The monoisotopic (exact) mass is 296 g/mol. The van der Waals surface area contributed by atoms with E-state index in [1.807, 2.05) is 37.3 Å². The molecule has 2 aromatic carbocycles. The maximum absolute atomic E-state index is 6.33. The van der Waals surface area contributed by atoms with Crippen molar-refractivity contribution in [2.75, 3.05) is 6.61 Å². The first-order valence-corrected chi connectivity index (χ1v) is 7.29. The van der Waals surface area contributed by atoms with E-state index in [4.69, 9.17) is 21.3 Å². The van der Waals surface area contributed by atoms with Crippen LogP contribution in [0.1, 0.15) is 11.1 Å². The van der Waals surface area contributed by atoms with Crippen LogP contribution in [0.25, 0.3) is 22.3 Å². The highest BCUT2D eigenvalue weighted by atomic mass is 35.5. The smallest absolute Gasteiger partial charge is 0.161 e. The Labute approximate surface area is 127 Å². The summed E-state index contributed by atoms with van der Waals surface area (Å²) in [5.41, 5.74) is 4.19. The van der Waals surface area contributed by atoms with E-state index >= 15 is 0 Å². The summed E-state index contributed by atoms with van der Waals surface area (Å²) in [5.74, 6) is 1.62. The van der Waals surface area contributed by atoms with Gasteiger partial charge in [0.15, 0.2) is 5.82 Å². The van der Waals surface area contributed by atoms with Crippen molar-refractivity contribution < 1.29 is 4.74 Å². The van der Waals surface area contributed by atoms with Crippen molar-refractivity contribution in [2.24, 2.45) is 0 Å². The van der Waals surface area contributed by atoms with E-state index in [9.17, 15) is 0 Å². The molecule has 2 heterocycles. The third-order valence-electron chi connectivity index (χ3n) is 3.83. The molecular formula is C17H13ClN2O. The Balaban J connectivity index is 1.92. The zero-order chi connectivity index (χ0) is 14.4. The normalized spacial score (nSPS) is 13.2. The molecule has 1 aliphatic heterocycles. The van der Waals surface area contributed by atoms with Gasteiger partial charge in [0.05, 0.1) is 12.1 Å². The summed E-state index contributed by atoms with van der Waals surface area (Å²) in [7, 11) is 0. The molecule has 4 rings (SSSR count). The number of ether oxygens (including phenoxy) is 1. The number of aryl methyl sites for hydroxylation is 1. The molecule has 0 radical (unpaired) electrons. The average molecular weight is 297 g/mol. The maximum Gasteiger partial charge on any atom is 0.161 e. The molecule has 0 spiro atoms. The molecule has 0 bridgehead atoms. The van der Waals surface area contributed by atoms with Crippen LogP contribution in [0.4, 0.5) is 0 Å². The molecule has 0 unspecified atom stereocenters. The second-order valence-electron chi connectivity index (χ2n) is 5.23. The molecule has 0 N–H and O–H groups in total. The van der Waals surface area contributed by atoms with Gasteiger partial charge in [-0.1, -0.05) is 23.7 Å². The van der Waals surface area contributed by atoms with Crippen molar-refractivity contribution >= 4 is 22.5 Å². The van der Waals surface area contributed by atoms with E-state index in [0.29, 0.717) is 11.0 Å². The molecule has 1 aromatic heterocycles. The van der Waals surface area contributed by atoms with Crippen molar-refractivity contribution in [3.8, 4) is 17.1 Å². The van der Waals surface area contributed by atoms with Gasteiger partial charge in [0.25, 0.3) is 0 Å². The lowest BCUT2D eigenvalue weighted by Gasteiger charge is -2.07. The number of halogens is 1. The summed E-state index contributed by atoms with van der Waals surface area (Å²) >= 11 is 6.33. The van der Waals surface area contributed by atoms with E-state index in [0.717, 1.165) is 40.8 Å². The van der Waals surface area contributed by atoms with Crippen LogP contribution in [0.5, 0.6) is 5.75 Å². The molecule has 0 saturated heterocycles. The highest BCUT2D eigenvalue weighted by molar-refractivity contribution is 6.34. The molecule has 0 fully saturated rings. The summed E-state index contributed by atoms with van der Waals surface area (Å²) in [5, 5.41) is 1.39. The summed E-state index contributed by atoms with van der Waals surface area (Å²) in [6, 6.07) is 12.0. The lowest BCUT2D eigenvalue weighted by Crippen LogP contribution is -1.94. The Kier molecular flexibility index (Phi) is 2.82. The molecule has 3 aromatic rings. The molecule has 0 aliphatic carbocycles. The predicted molar refractivity (Wildman–Crippen MR) is 83.9 cm³/mol. The van der Waals surface area contributed by atoms with Gasteiger partial charge in [0.2, 0.25) is 0 Å². The fourth-order valence-corrected chi connectivity index (χ4v) is 2.95. The van der Waals surface area contributed by atoms with Gasteiger partial charge in [-0.15, -0.1) is 0 Å². The molecule has 21 heavy (non-hydrogen) atoms. The van der Waals surface area contributed by atoms with Gasteiger partial charge in [0.1, 0.15) is 10.9 Å². The summed E-state index contributed by atoms with van der Waals surface area (Å²) in [4.78, 5) is 9.15. The van der Waals surface area contributed by atoms with Crippen molar-refractivity contribution in [3.05, 3.63) is 52.7 Å². The molecule has 4 heteroatoms. The molecule has 104 valence electrons. The SMILES string of the molecule is Cc1cccc2c(Cl)nc(-c3ccc4c(c3)CCO4)nc12. The summed E-state index contributed by atoms with van der Waals surface area (Å²) in [6.07, 6.45) is 0.934. The number of hydrogen-bond acceptors (Lipinski definition) is 3. The highest BCUT2D eigenvalue weighted by Gasteiger charge is 2.15. The topological polar surface area (TPSA) is 35.0 Å². The molecule has 1 aliphatic rings. The standard InChI is InChI=1S/C17H13ClN2O/c1-10-3-2-4-13-15(10)19-17(20-16(13)18)12-5-6-14-11(9-12)7-8-21-14/h2-6,9H,7-8H2,1H3. The number of aromatic nitrogens is 2. The van der Waals surface area contributed by atoms with Gasteiger partial charge >= 0.3 is 0 Å².